The highest BCUT2D eigenvalue weighted by atomic mass is 16.4. The molecule has 0 saturated carbocycles. The first-order valence-corrected chi connectivity index (χ1v) is 10.9. The highest BCUT2D eigenvalue weighted by Gasteiger charge is 2.14. The molecule has 0 atom stereocenters. The topological polar surface area (TPSA) is 94.2 Å². The van der Waals surface area contributed by atoms with Crippen molar-refractivity contribution in [2.45, 2.75) is 26.2 Å². The molecule has 0 bridgehead atoms. The molecule has 0 fully saturated rings. The van der Waals surface area contributed by atoms with Crippen LogP contribution in [0.15, 0.2) is 90.2 Å². The SMILES string of the molecule is CC(C)(C)c1ccc(-c2ccc(/C(=N\O)c3ccnc(Nc4ccc(C#N)cc4)n3)cc2)cc1. The van der Waals surface area contributed by atoms with Gasteiger partial charge in [-0.05, 0) is 52.4 Å². The molecular weight excluding hydrogens is 422 g/mol. The van der Waals surface area contributed by atoms with Gasteiger partial charge >= 0.3 is 0 Å². The number of hydrogen-bond donors (Lipinski definition) is 2. The Bertz CT molecular complexity index is 1340. The van der Waals surface area contributed by atoms with Gasteiger partial charge < -0.3 is 10.5 Å². The predicted octanol–water partition coefficient (Wildman–Crippen LogP) is 6.28. The maximum Gasteiger partial charge on any atom is 0.227 e. The Balaban J connectivity index is 1.54. The minimum absolute atomic E-state index is 0.111. The lowest BCUT2D eigenvalue weighted by Crippen LogP contribution is -2.10. The molecule has 0 aliphatic heterocycles. The van der Waals surface area contributed by atoms with Gasteiger partial charge in [0, 0.05) is 17.4 Å². The van der Waals surface area contributed by atoms with Crippen molar-refractivity contribution >= 4 is 17.3 Å². The molecule has 0 unspecified atom stereocenters. The van der Waals surface area contributed by atoms with Crippen molar-refractivity contribution in [2.75, 3.05) is 5.32 Å². The number of rotatable bonds is 5. The molecule has 1 heterocycles. The van der Waals surface area contributed by atoms with Crippen molar-refractivity contribution in [3.63, 3.8) is 0 Å². The number of hydrogen-bond acceptors (Lipinski definition) is 6. The van der Waals surface area contributed by atoms with Crippen molar-refractivity contribution in [3.05, 3.63) is 107 Å². The van der Waals surface area contributed by atoms with Crippen molar-refractivity contribution in [1.29, 1.82) is 5.26 Å². The molecule has 6 heteroatoms. The fourth-order valence-corrected chi connectivity index (χ4v) is 3.55. The molecule has 2 N–H and O–H groups in total. The predicted molar refractivity (Wildman–Crippen MR) is 134 cm³/mol. The average Bonchev–Trinajstić information content (AvgIpc) is 2.85. The monoisotopic (exact) mass is 447 g/mol. The first-order valence-electron chi connectivity index (χ1n) is 10.9. The Morgan fingerprint density at radius 1 is 0.882 bits per heavy atom. The summed E-state index contributed by atoms with van der Waals surface area (Å²) in [6.07, 6.45) is 1.60. The highest BCUT2D eigenvalue weighted by molar-refractivity contribution is 6.11. The molecule has 34 heavy (non-hydrogen) atoms. The van der Waals surface area contributed by atoms with Crippen LogP contribution in [0.5, 0.6) is 0 Å². The summed E-state index contributed by atoms with van der Waals surface area (Å²) in [6.45, 7) is 6.60. The van der Waals surface area contributed by atoms with Gasteiger partial charge in [0.25, 0.3) is 0 Å². The van der Waals surface area contributed by atoms with Crippen LogP contribution in [0.4, 0.5) is 11.6 Å². The van der Waals surface area contributed by atoms with Crippen molar-refractivity contribution in [2.24, 2.45) is 5.16 Å². The average molecular weight is 448 g/mol. The van der Waals surface area contributed by atoms with Gasteiger partial charge in [0.05, 0.1) is 17.3 Å². The zero-order chi connectivity index (χ0) is 24.1. The fraction of sp³-hybridized carbons (Fsp3) is 0.143. The van der Waals surface area contributed by atoms with Crippen LogP contribution in [0.25, 0.3) is 11.1 Å². The van der Waals surface area contributed by atoms with Gasteiger partial charge in [-0.3, -0.25) is 0 Å². The van der Waals surface area contributed by atoms with E-state index in [0.717, 1.165) is 22.4 Å². The Hall–Kier alpha value is -4.50. The van der Waals surface area contributed by atoms with Gasteiger partial charge in [0.1, 0.15) is 5.71 Å². The van der Waals surface area contributed by atoms with Crippen molar-refractivity contribution in [3.8, 4) is 17.2 Å². The Morgan fingerprint density at radius 2 is 1.50 bits per heavy atom. The molecule has 0 saturated heterocycles. The zero-order valence-corrected chi connectivity index (χ0v) is 19.3. The molecule has 1 aromatic heterocycles. The molecule has 3 aromatic carbocycles. The number of oxime groups is 1. The standard InChI is InChI=1S/C28H25N5O/c1-28(2,3)23-12-10-21(11-13-23)20-6-8-22(9-7-20)26(33-34)25-16-17-30-27(32-25)31-24-14-4-19(18-29)5-15-24/h4-17,34H,1-3H3,(H,30,31,32)/b33-26+. The number of nitrogens with one attached hydrogen (secondary N) is 1. The maximum absolute atomic E-state index is 9.74. The first kappa shape index (κ1) is 22.7. The molecule has 4 aromatic rings. The van der Waals surface area contributed by atoms with Gasteiger partial charge in [-0.1, -0.05) is 74.5 Å². The summed E-state index contributed by atoms with van der Waals surface area (Å²) in [6, 6.07) is 27.2. The third-order valence-corrected chi connectivity index (χ3v) is 5.51. The summed E-state index contributed by atoms with van der Waals surface area (Å²) in [5, 5.41) is 25.3. The lowest BCUT2D eigenvalue weighted by atomic mass is 9.86. The summed E-state index contributed by atoms with van der Waals surface area (Å²) in [7, 11) is 0. The number of benzene rings is 3. The number of nitrogens with zero attached hydrogens (tertiary/aromatic N) is 4. The van der Waals surface area contributed by atoms with E-state index in [1.807, 2.05) is 24.3 Å². The second kappa shape index (κ2) is 9.55. The van der Waals surface area contributed by atoms with Crippen LogP contribution in [-0.2, 0) is 5.41 Å². The smallest absolute Gasteiger partial charge is 0.227 e. The van der Waals surface area contributed by atoms with E-state index >= 15 is 0 Å². The van der Waals surface area contributed by atoms with Crippen LogP contribution in [0.2, 0.25) is 0 Å². The normalized spacial score (nSPS) is 11.6. The molecule has 6 nitrogen and oxygen atoms in total. The van der Waals surface area contributed by atoms with E-state index in [4.69, 9.17) is 5.26 Å². The lowest BCUT2D eigenvalue weighted by molar-refractivity contribution is 0.319. The quantitative estimate of drug-likeness (QED) is 0.213. The van der Waals surface area contributed by atoms with E-state index in [1.54, 1.807) is 36.5 Å². The van der Waals surface area contributed by atoms with Crippen LogP contribution in [0, 0.1) is 11.3 Å². The van der Waals surface area contributed by atoms with E-state index in [2.05, 4.69) is 71.5 Å². The number of nitriles is 1. The van der Waals surface area contributed by atoms with Crippen LogP contribution in [0.1, 0.15) is 43.2 Å². The number of anilines is 2. The molecule has 168 valence electrons. The lowest BCUT2D eigenvalue weighted by Gasteiger charge is -2.19. The highest BCUT2D eigenvalue weighted by Crippen LogP contribution is 2.26. The summed E-state index contributed by atoms with van der Waals surface area (Å²) >= 11 is 0. The fourth-order valence-electron chi connectivity index (χ4n) is 3.55. The van der Waals surface area contributed by atoms with E-state index in [9.17, 15) is 5.21 Å². The summed E-state index contributed by atoms with van der Waals surface area (Å²) < 4.78 is 0. The van der Waals surface area contributed by atoms with Crippen LogP contribution in [0.3, 0.4) is 0 Å². The van der Waals surface area contributed by atoms with Gasteiger partial charge in [-0.15, -0.1) is 0 Å². The summed E-state index contributed by atoms with van der Waals surface area (Å²) in [5.41, 5.74) is 6.49. The molecular formula is C28H25N5O. The molecule has 0 aliphatic rings. The van der Waals surface area contributed by atoms with E-state index in [-0.39, 0.29) is 5.41 Å². The second-order valence-corrected chi connectivity index (χ2v) is 8.93. The molecule has 0 aliphatic carbocycles. The Labute approximate surface area is 199 Å². The first-order chi connectivity index (χ1) is 16.4. The van der Waals surface area contributed by atoms with Crippen LogP contribution >= 0.6 is 0 Å². The van der Waals surface area contributed by atoms with E-state index < -0.39 is 0 Å². The maximum atomic E-state index is 9.74. The van der Waals surface area contributed by atoms with Crippen LogP contribution < -0.4 is 5.32 Å². The molecule has 4 rings (SSSR count). The largest absolute Gasteiger partial charge is 0.410 e. The van der Waals surface area contributed by atoms with Crippen molar-refractivity contribution < 1.29 is 5.21 Å². The van der Waals surface area contributed by atoms with Crippen LogP contribution in [-0.4, -0.2) is 20.9 Å². The zero-order valence-electron chi connectivity index (χ0n) is 19.3. The summed E-state index contributed by atoms with van der Waals surface area (Å²) in [4.78, 5) is 8.74. The Kier molecular flexibility index (Phi) is 6.37. The molecule has 0 radical (unpaired) electrons. The number of aromatic nitrogens is 2. The van der Waals surface area contributed by atoms with Gasteiger partial charge in [-0.25, -0.2) is 9.97 Å². The van der Waals surface area contributed by atoms with E-state index in [0.29, 0.717) is 22.9 Å². The third kappa shape index (κ3) is 5.11. The van der Waals surface area contributed by atoms with Gasteiger partial charge in [-0.2, -0.15) is 5.26 Å². The van der Waals surface area contributed by atoms with Crippen molar-refractivity contribution in [1.82, 2.24) is 9.97 Å². The second-order valence-electron chi connectivity index (χ2n) is 8.93. The van der Waals surface area contributed by atoms with Gasteiger partial charge in [0.15, 0.2) is 0 Å². The molecule has 0 amide bonds. The summed E-state index contributed by atoms with van der Waals surface area (Å²) in [5.74, 6) is 0.360. The van der Waals surface area contributed by atoms with Gasteiger partial charge in [0.2, 0.25) is 5.95 Å². The molecule has 0 spiro atoms. The third-order valence-electron chi connectivity index (χ3n) is 5.51. The van der Waals surface area contributed by atoms with E-state index in [1.165, 1.54) is 5.56 Å². The Morgan fingerprint density at radius 3 is 2.06 bits per heavy atom. The minimum Gasteiger partial charge on any atom is -0.410 e. The minimum atomic E-state index is 0.111.